The molecule has 1 heterocycles. The van der Waals surface area contributed by atoms with Crippen LogP contribution in [0, 0.1) is 10.1 Å². The van der Waals surface area contributed by atoms with Gasteiger partial charge in [0.15, 0.2) is 5.52 Å². The maximum absolute atomic E-state index is 11.2. The van der Waals surface area contributed by atoms with E-state index in [4.69, 9.17) is 14.6 Å². The van der Waals surface area contributed by atoms with Gasteiger partial charge in [-0.05, 0) is 31.4 Å². The Hall–Kier alpha value is -2.90. The Morgan fingerprint density at radius 2 is 2.12 bits per heavy atom. The maximum Gasteiger partial charge on any atom is 0.303 e. The summed E-state index contributed by atoms with van der Waals surface area (Å²) in [6.45, 7) is 0.393. The van der Waals surface area contributed by atoms with Crippen LogP contribution in [0.1, 0.15) is 25.7 Å². The first kappa shape index (κ1) is 17.5. The molecule has 2 aromatic rings. The minimum absolute atomic E-state index is 0.140. The highest BCUT2D eigenvalue weighted by molar-refractivity contribution is 5.93. The van der Waals surface area contributed by atoms with Gasteiger partial charge in [0.1, 0.15) is 11.5 Å². The second-order valence-electron chi connectivity index (χ2n) is 5.16. The van der Waals surface area contributed by atoms with Crippen molar-refractivity contribution in [2.24, 2.45) is 0 Å². The second kappa shape index (κ2) is 8.09. The zero-order valence-electron chi connectivity index (χ0n) is 13.2. The number of nitrogens with zero attached hydrogens (tertiary/aromatic N) is 2. The predicted molar refractivity (Wildman–Crippen MR) is 86.5 cm³/mol. The van der Waals surface area contributed by atoms with E-state index in [1.807, 2.05) is 0 Å². The Labute approximate surface area is 138 Å². The number of non-ortho nitro benzene ring substituents is 1. The van der Waals surface area contributed by atoms with Gasteiger partial charge in [-0.25, -0.2) is 4.98 Å². The number of hydrogen-bond donors (Lipinski definition) is 1. The van der Waals surface area contributed by atoms with Crippen molar-refractivity contribution < 1.29 is 24.3 Å². The van der Waals surface area contributed by atoms with Gasteiger partial charge < -0.3 is 14.6 Å². The number of benzene rings is 1. The monoisotopic (exact) mass is 334 g/mol. The molecule has 8 heteroatoms. The Morgan fingerprint density at radius 3 is 2.79 bits per heavy atom. The summed E-state index contributed by atoms with van der Waals surface area (Å²) in [5.41, 5.74) is 0.0976. The highest BCUT2D eigenvalue weighted by Gasteiger charge is 2.18. The van der Waals surface area contributed by atoms with Gasteiger partial charge in [-0.15, -0.1) is 0 Å². The summed E-state index contributed by atoms with van der Waals surface area (Å²) in [6.07, 6.45) is 3.63. The molecule has 1 N–H and O–H groups in total. The molecule has 0 fully saturated rings. The van der Waals surface area contributed by atoms with Gasteiger partial charge in [0.05, 0.1) is 30.1 Å². The molecule has 0 atom stereocenters. The van der Waals surface area contributed by atoms with Crippen molar-refractivity contribution in [1.82, 2.24) is 4.98 Å². The normalized spacial score (nSPS) is 10.5. The van der Waals surface area contributed by atoms with Crippen molar-refractivity contribution in [2.75, 3.05) is 13.7 Å². The average molecular weight is 334 g/mol. The van der Waals surface area contributed by atoms with Crippen molar-refractivity contribution in [2.45, 2.75) is 25.7 Å². The SMILES string of the molecule is COc1cc([N+](=O)[O-])c2nccc(OCCCCCC(=O)O)c2c1. The molecule has 1 aromatic heterocycles. The van der Waals surface area contributed by atoms with E-state index in [0.29, 0.717) is 36.3 Å². The molecular formula is C16H18N2O6. The fraction of sp³-hybridized carbons (Fsp3) is 0.375. The Morgan fingerprint density at radius 1 is 1.33 bits per heavy atom. The van der Waals surface area contributed by atoms with E-state index >= 15 is 0 Å². The number of nitro benzene ring substituents is 1. The number of aromatic nitrogens is 1. The first-order valence-corrected chi connectivity index (χ1v) is 7.48. The summed E-state index contributed by atoms with van der Waals surface area (Å²) in [5.74, 6) is 0.0317. The molecule has 128 valence electrons. The third-order valence-electron chi connectivity index (χ3n) is 3.48. The van der Waals surface area contributed by atoms with Crippen LogP contribution < -0.4 is 9.47 Å². The van der Waals surface area contributed by atoms with Crippen LogP contribution in [0.2, 0.25) is 0 Å². The molecule has 0 aliphatic heterocycles. The van der Waals surface area contributed by atoms with Crippen molar-refractivity contribution in [1.29, 1.82) is 0 Å². The molecule has 1 aromatic carbocycles. The molecule has 0 aliphatic carbocycles. The van der Waals surface area contributed by atoms with Crippen molar-refractivity contribution in [3.63, 3.8) is 0 Å². The number of unbranched alkanes of at least 4 members (excludes halogenated alkanes) is 2. The molecule has 0 bridgehead atoms. The van der Waals surface area contributed by atoms with Crippen molar-refractivity contribution in [3.8, 4) is 11.5 Å². The zero-order chi connectivity index (χ0) is 17.5. The third kappa shape index (κ3) is 4.31. The van der Waals surface area contributed by atoms with Crippen LogP contribution in [0.15, 0.2) is 24.4 Å². The fourth-order valence-corrected chi connectivity index (χ4v) is 2.31. The average Bonchev–Trinajstić information content (AvgIpc) is 2.56. The van der Waals surface area contributed by atoms with E-state index in [1.54, 1.807) is 12.1 Å². The summed E-state index contributed by atoms with van der Waals surface area (Å²) in [4.78, 5) is 25.2. The molecule has 0 amide bonds. The van der Waals surface area contributed by atoms with Crippen molar-refractivity contribution >= 4 is 22.6 Å². The fourth-order valence-electron chi connectivity index (χ4n) is 2.31. The maximum atomic E-state index is 11.2. The molecule has 8 nitrogen and oxygen atoms in total. The highest BCUT2D eigenvalue weighted by Crippen LogP contribution is 2.34. The summed E-state index contributed by atoms with van der Waals surface area (Å²) in [5, 5.41) is 20.3. The number of fused-ring (bicyclic) bond motifs is 1. The summed E-state index contributed by atoms with van der Waals surface area (Å²) >= 11 is 0. The van der Waals surface area contributed by atoms with Crippen LogP contribution in [-0.2, 0) is 4.79 Å². The summed E-state index contributed by atoms with van der Waals surface area (Å²) in [7, 11) is 1.43. The molecule has 0 unspecified atom stereocenters. The van der Waals surface area contributed by atoms with Crippen LogP contribution in [0.5, 0.6) is 11.5 Å². The van der Waals surface area contributed by atoms with Crippen LogP contribution in [-0.4, -0.2) is 34.7 Å². The van der Waals surface area contributed by atoms with Gasteiger partial charge in [0.25, 0.3) is 5.69 Å². The Balaban J connectivity index is 2.14. The highest BCUT2D eigenvalue weighted by atomic mass is 16.6. The molecule has 0 saturated heterocycles. The van der Waals surface area contributed by atoms with Gasteiger partial charge in [-0.2, -0.15) is 0 Å². The van der Waals surface area contributed by atoms with E-state index in [9.17, 15) is 14.9 Å². The number of ether oxygens (including phenoxy) is 2. The molecule has 2 rings (SSSR count). The number of aliphatic carboxylic acids is 1. The molecule has 0 spiro atoms. The number of pyridine rings is 1. The molecule has 0 radical (unpaired) electrons. The molecular weight excluding hydrogens is 316 g/mol. The molecule has 24 heavy (non-hydrogen) atoms. The lowest BCUT2D eigenvalue weighted by Gasteiger charge is -2.10. The van der Waals surface area contributed by atoms with E-state index in [1.165, 1.54) is 19.4 Å². The quantitative estimate of drug-likeness (QED) is 0.426. The molecule has 0 aliphatic rings. The number of methoxy groups -OCH3 is 1. The van der Waals surface area contributed by atoms with E-state index in [0.717, 1.165) is 6.42 Å². The number of carboxylic acid groups (broad SMARTS) is 1. The van der Waals surface area contributed by atoms with E-state index < -0.39 is 10.9 Å². The van der Waals surface area contributed by atoms with E-state index in [-0.39, 0.29) is 17.6 Å². The number of hydrogen-bond acceptors (Lipinski definition) is 6. The van der Waals surface area contributed by atoms with Gasteiger partial charge >= 0.3 is 5.97 Å². The lowest BCUT2D eigenvalue weighted by atomic mass is 10.1. The lowest BCUT2D eigenvalue weighted by Crippen LogP contribution is -2.01. The smallest absolute Gasteiger partial charge is 0.303 e. The lowest BCUT2D eigenvalue weighted by molar-refractivity contribution is -0.383. The van der Waals surface area contributed by atoms with Gasteiger partial charge in [0.2, 0.25) is 0 Å². The largest absolute Gasteiger partial charge is 0.496 e. The standard InChI is InChI=1S/C16H18N2O6/c1-23-11-9-12-14(24-8-4-2-3-5-15(19)20)6-7-17-16(12)13(10-11)18(21)22/h6-7,9-10H,2-5,8H2,1H3,(H,19,20). The predicted octanol–water partition coefficient (Wildman–Crippen LogP) is 3.18. The topological polar surface area (TPSA) is 112 Å². The van der Waals surface area contributed by atoms with Crippen LogP contribution in [0.4, 0.5) is 5.69 Å². The van der Waals surface area contributed by atoms with Gasteiger partial charge in [-0.1, -0.05) is 0 Å². The summed E-state index contributed by atoms with van der Waals surface area (Å²) < 4.78 is 10.8. The van der Waals surface area contributed by atoms with Gasteiger partial charge in [0, 0.05) is 12.6 Å². The van der Waals surface area contributed by atoms with E-state index in [2.05, 4.69) is 4.98 Å². The Kier molecular flexibility index (Phi) is 5.89. The van der Waals surface area contributed by atoms with Crippen LogP contribution in [0.25, 0.3) is 10.9 Å². The van der Waals surface area contributed by atoms with Gasteiger partial charge in [-0.3, -0.25) is 14.9 Å². The van der Waals surface area contributed by atoms with Crippen LogP contribution in [0.3, 0.4) is 0 Å². The first-order valence-electron chi connectivity index (χ1n) is 7.48. The third-order valence-corrected chi connectivity index (χ3v) is 3.48. The van der Waals surface area contributed by atoms with Crippen LogP contribution >= 0.6 is 0 Å². The number of carbonyl (C=O) groups is 1. The zero-order valence-corrected chi connectivity index (χ0v) is 13.2. The second-order valence-corrected chi connectivity index (χ2v) is 5.16. The summed E-state index contributed by atoms with van der Waals surface area (Å²) in [6, 6.07) is 4.61. The number of carboxylic acids is 1. The minimum Gasteiger partial charge on any atom is -0.496 e. The first-order chi connectivity index (χ1) is 11.5. The number of rotatable bonds is 9. The number of nitro groups is 1. The minimum atomic E-state index is -0.810. The molecule has 0 saturated carbocycles. The Bertz CT molecular complexity index is 747. The van der Waals surface area contributed by atoms with Crippen molar-refractivity contribution in [3.05, 3.63) is 34.5 Å².